The monoisotopic (exact) mass is 544 g/mol. The first-order valence-corrected chi connectivity index (χ1v) is 14.5. The van der Waals surface area contributed by atoms with Crippen LogP contribution >= 0.6 is 11.3 Å². The van der Waals surface area contributed by atoms with Crippen LogP contribution in [0.15, 0.2) is 46.8 Å². The molecule has 0 radical (unpaired) electrons. The van der Waals surface area contributed by atoms with Crippen molar-refractivity contribution in [2.45, 2.75) is 37.7 Å². The van der Waals surface area contributed by atoms with Crippen LogP contribution in [0.4, 0.5) is 10.8 Å². The van der Waals surface area contributed by atoms with E-state index < -0.39 is 10.0 Å². The van der Waals surface area contributed by atoms with E-state index in [0.717, 1.165) is 31.5 Å². The van der Waals surface area contributed by atoms with E-state index in [1.165, 1.54) is 23.5 Å². The molecule has 0 saturated carbocycles. The molecule has 0 unspecified atom stereocenters. The summed E-state index contributed by atoms with van der Waals surface area (Å²) in [6.07, 6.45) is 3.68. The van der Waals surface area contributed by atoms with Crippen molar-refractivity contribution < 1.29 is 17.9 Å². The van der Waals surface area contributed by atoms with Crippen molar-refractivity contribution in [2.24, 2.45) is 11.1 Å². The molecule has 12 heteroatoms. The van der Waals surface area contributed by atoms with E-state index in [0.29, 0.717) is 40.4 Å². The number of benzene rings is 1. The zero-order valence-electron chi connectivity index (χ0n) is 21.1. The number of nitrogens with zero attached hydrogens (tertiary/aromatic N) is 3. The number of carbonyl (C=O) groups is 1. The van der Waals surface area contributed by atoms with Crippen LogP contribution in [-0.2, 0) is 10.0 Å². The van der Waals surface area contributed by atoms with E-state index in [9.17, 15) is 13.2 Å². The molecule has 2 aromatic heterocycles. The van der Waals surface area contributed by atoms with Crippen molar-refractivity contribution >= 4 is 38.1 Å². The number of amides is 1. The Kier molecular flexibility index (Phi) is 8.42. The third-order valence-electron chi connectivity index (χ3n) is 6.07. The molecule has 0 atom stereocenters. The number of rotatable bonds is 9. The highest BCUT2D eigenvalue weighted by Gasteiger charge is 2.18. The fraction of sp³-hybridized carbons (Fsp3) is 0.400. The molecule has 198 valence electrons. The van der Waals surface area contributed by atoms with Crippen molar-refractivity contribution in [3.63, 3.8) is 0 Å². The molecule has 1 aliphatic heterocycles. The van der Waals surface area contributed by atoms with Gasteiger partial charge in [0.1, 0.15) is 11.4 Å². The zero-order chi connectivity index (χ0) is 26.6. The molecule has 10 nitrogen and oxygen atoms in total. The van der Waals surface area contributed by atoms with Crippen LogP contribution < -0.4 is 20.5 Å². The second-order valence-electron chi connectivity index (χ2n) is 9.42. The summed E-state index contributed by atoms with van der Waals surface area (Å²) in [7, 11) is -1.76. The number of carbonyl (C=O) groups excluding carboxylic acids is 1. The van der Waals surface area contributed by atoms with Crippen molar-refractivity contribution in [3.8, 4) is 17.0 Å². The van der Waals surface area contributed by atoms with Gasteiger partial charge in [0.15, 0.2) is 5.13 Å². The predicted molar refractivity (Wildman–Crippen MR) is 145 cm³/mol. The number of piperidine rings is 1. The smallest absolute Gasteiger partial charge is 0.269 e. The fourth-order valence-corrected chi connectivity index (χ4v) is 5.26. The number of primary sulfonamides is 1. The molecule has 1 aliphatic rings. The lowest BCUT2D eigenvalue weighted by Crippen LogP contribution is -2.37. The van der Waals surface area contributed by atoms with Crippen LogP contribution in [0.5, 0.6) is 5.75 Å². The van der Waals surface area contributed by atoms with Crippen LogP contribution in [0.1, 0.15) is 37.2 Å². The second kappa shape index (κ2) is 11.5. The van der Waals surface area contributed by atoms with Crippen LogP contribution in [0.3, 0.4) is 0 Å². The van der Waals surface area contributed by atoms with E-state index in [4.69, 9.17) is 9.88 Å². The lowest BCUT2D eigenvalue weighted by atomic mass is 9.97. The number of nitrogens with one attached hydrogen (secondary N) is 2. The number of nitrogens with two attached hydrogens (primary N) is 1. The summed E-state index contributed by atoms with van der Waals surface area (Å²) < 4.78 is 29.5. The predicted octanol–water partition coefficient (Wildman–Crippen LogP) is 3.45. The average Bonchev–Trinajstić information content (AvgIpc) is 3.32. The molecule has 0 bridgehead atoms. The quantitative estimate of drug-likeness (QED) is 0.372. The van der Waals surface area contributed by atoms with Gasteiger partial charge in [0.2, 0.25) is 10.0 Å². The molecule has 37 heavy (non-hydrogen) atoms. The highest BCUT2D eigenvalue weighted by molar-refractivity contribution is 7.89. The first-order chi connectivity index (χ1) is 17.6. The van der Waals surface area contributed by atoms with E-state index >= 15 is 0 Å². The lowest BCUT2D eigenvalue weighted by Gasteiger charge is -2.28. The minimum absolute atomic E-state index is 0.0308. The van der Waals surface area contributed by atoms with Crippen molar-refractivity contribution in [2.75, 3.05) is 32.0 Å². The molecule has 3 heterocycles. The molecule has 1 aromatic carbocycles. The highest BCUT2D eigenvalue weighted by Crippen LogP contribution is 2.33. The van der Waals surface area contributed by atoms with Crippen molar-refractivity contribution in [1.29, 1.82) is 0 Å². The maximum absolute atomic E-state index is 12.5. The van der Waals surface area contributed by atoms with Crippen LogP contribution in [0.25, 0.3) is 11.3 Å². The first-order valence-electron chi connectivity index (χ1n) is 12.1. The molecule has 1 fully saturated rings. The van der Waals surface area contributed by atoms with Gasteiger partial charge >= 0.3 is 0 Å². The maximum atomic E-state index is 12.5. The Morgan fingerprint density at radius 1 is 1.24 bits per heavy atom. The maximum Gasteiger partial charge on any atom is 0.269 e. The van der Waals surface area contributed by atoms with Gasteiger partial charge in [-0.15, -0.1) is 11.3 Å². The molecule has 4 N–H and O–H groups in total. The van der Waals surface area contributed by atoms with Crippen LogP contribution in [0, 0.1) is 5.92 Å². The molecule has 0 aliphatic carbocycles. The van der Waals surface area contributed by atoms with E-state index in [1.807, 2.05) is 25.3 Å². The lowest BCUT2D eigenvalue weighted by molar-refractivity contribution is 0.0934. The van der Waals surface area contributed by atoms with Gasteiger partial charge < -0.3 is 20.3 Å². The second-order valence-corrected chi connectivity index (χ2v) is 11.8. The molecule has 1 amide bonds. The average molecular weight is 545 g/mol. The Labute approximate surface area is 221 Å². The summed E-state index contributed by atoms with van der Waals surface area (Å²) in [6, 6.07) is 7.90. The topological polar surface area (TPSA) is 140 Å². The Balaban J connectivity index is 1.43. The molecule has 1 saturated heterocycles. The summed E-state index contributed by atoms with van der Waals surface area (Å²) in [5.41, 5.74) is 2.23. The standard InChI is InChI=1S/C25H32N6O4S2/c1-16(2)35-23-7-5-19(37(26,33)34)12-21(23)29-25-30-22(15-36-25)18-4-6-20(27-14-18)24(32)28-13-17-8-10-31(3)11-9-17/h4-7,12,14-17H,8-11,13H2,1-3H3,(H,28,32)(H,29,30)(H2,26,33,34). The van der Waals surface area contributed by atoms with Crippen LogP contribution in [0.2, 0.25) is 0 Å². The number of hydrogen-bond acceptors (Lipinski definition) is 9. The van der Waals surface area contributed by atoms with E-state index in [2.05, 4.69) is 32.5 Å². The van der Waals surface area contributed by atoms with Gasteiger partial charge in [-0.3, -0.25) is 9.78 Å². The van der Waals surface area contributed by atoms with Gasteiger partial charge in [-0.25, -0.2) is 18.5 Å². The minimum atomic E-state index is -3.88. The zero-order valence-corrected chi connectivity index (χ0v) is 22.7. The molecule has 0 spiro atoms. The number of pyridine rings is 1. The fourth-order valence-electron chi connectivity index (χ4n) is 3.99. The number of anilines is 2. The largest absolute Gasteiger partial charge is 0.489 e. The number of hydrogen-bond donors (Lipinski definition) is 3. The SMILES string of the molecule is CC(C)Oc1ccc(S(N)(=O)=O)cc1Nc1nc(-c2ccc(C(=O)NCC3CCN(C)CC3)nc2)cs1. The Morgan fingerprint density at radius 2 is 2.00 bits per heavy atom. The Bertz CT molecular complexity index is 1330. The number of sulfonamides is 1. The third-order valence-corrected chi connectivity index (χ3v) is 7.74. The van der Waals surface area contributed by atoms with Gasteiger partial charge in [0.05, 0.1) is 22.4 Å². The van der Waals surface area contributed by atoms with Crippen LogP contribution in [-0.4, -0.2) is 62.0 Å². The summed E-state index contributed by atoms with van der Waals surface area (Å²) in [6.45, 7) is 6.53. The Morgan fingerprint density at radius 3 is 2.65 bits per heavy atom. The van der Waals surface area contributed by atoms with Gasteiger partial charge in [-0.05, 0) is 83.1 Å². The summed E-state index contributed by atoms with van der Waals surface area (Å²) in [5.74, 6) is 0.799. The molecule has 3 aromatic rings. The van der Waals surface area contributed by atoms with Gasteiger partial charge in [0, 0.05) is 23.7 Å². The number of likely N-dealkylation sites (tertiary alicyclic amines) is 1. The van der Waals surface area contributed by atoms with Gasteiger partial charge in [-0.2, -0.15) is 0 Å². The van der Waals surface area contributed by atoms with Crippen molar-refractivity contribution in [3.05, 3.63) is 47.6 Å². The number of aromatic nitrogens is 2. The highest BCUT2D eigenvalue weighted by atomic mass is 32.2. The molecule has 4 rings (SSSR count). The van der Waals surface area contributed by atoms with E-state index in [1.54, 1.807) is 18.3 Å². The van der Waals surface area contributed by atoms with Crippen molar-refractivity contribution in [1.82, 2.24) is 20.2 Å². The van der Waals surface area contributed by atoms with E-state index in [-0.39, 0.29) is 16.9 Å². The molecular formula is C25H32N6O4S2. The number of thiazole rings is 1. The normalized spacial score (nSPS) is 15.1. The summed E-state index contributed by atoms with van der Waals surface area (Å²) in [5, 5.41) is 13.8. The van der Waals surface area contributed by atoms with Gasteiger partial charge in [-0.1, -0.05) is 0 Å². The summed E-state index contributed by atoms with van der Waals surface area (Å²) >= 11 is 1.35. The minimum Gasteiger partial charge on any atom is -0.489 e. The number of ether oxygens (including phenoxy) is 1. The first kappa shape index (κ1) is 27.0. The Hall–Kier alpha value is -3.06. The third kappa shape index (κ3) is 7.25. The molecular weight excluding hydrogens is 512 g/mol. The van der Waals surface area contributed by atoms with Gasteiger partial charge in [0.25, 0.3) is 5.91 Å². The summed E-state index contributed by atoms with van der Waals surface area (Å²) in [4.78, 5) is 23.7.